The summed E-state index contributed by atoms with van der Waals surface area (Å²) >= 11 is 7.26. The lowest BCUT2D eigenvalue weighted by Gasteiger charge is -2.28. The SMILES string of the molecule is C=CCn1c(S[C@H](C)C(=O)N[C@@](C)(C#N)C(C)C)nnc1-c1ccc(Cl)cc1. The minimum Gasteiger partial charge on any atom is -0.337 e. The fourth-order valence-electron chi connectivity index (χ4n) is 2.35. The number of nitrogens with one attached hydrogen (secondary N) is 1. The van der Waals surface area contributed by atoms with Crippen molar-refractivity contribution >= 4 is 29.3 Å². The van der Waals surface area contributed by atoms with Crippen LogP contribution in [0.4, 0.5) is 0 Å². The average molecular weight is 418 g/mol. The number of hydrogen-bond donors (Lipinski definition) is 1. The number of hydrogen-bond acceptors (Lipinski definition) is 5. The Morgan fingerprint density at radius 2 is 2.04 bits per heavy atom. The van der Waals surface area contributed by atoms with Gasteiger partial charge in [-0.1, -0.05) is 43.3 Å². The molecule has 2 atom stereocenters. The third-order valence-electron chi connectivity index (χ3n) is 4.55. The number of carbonyl (C=O) groups is 1. The van der Waals surface area contributed by atoms with Gasteiger partial charge in [-0.05, 0) is 44.0 Å². The summed E-state index contributed by atoms with van der Waals surface area (Å²) in [7, 11) is 0. The van der Waals surface area contributed by atoms with Gasteiger partial charge in [0.1, 0.15) is 5.54 Å². The van der Waals surface area contributed by atoms with Gasteiger partial charge in [0.05, 0.1) is 11.3 Å². The molecule has 8 heteroatoms. The molecule has 1 aromatic carbocycles. The molecule has 1 amide bonds. The number of rotatable bonds is 8. The molecule has 0 fully saturated rings. The van der Waals surface area contributed by atoms with Crippen LogP contribution in [0.5, 0.6) is 0 Å². The van der Waals surface area contributed by atoms with E-state index in [1.54, 1.807) is 32.1 Å². The third-order valence-corrected chi connectivity index (χ3v) is 5.88. The summed E-state index contributed by atoms with van der Waals surface area (Å²) in [6, 6.07) is 9.52. The molecule has 148 valence electrons. The second-order valence-electron chi connectivity index (χ2n) is 6.93. The van der Waals surface area contributed by atoms with E-state index in [4.69, 9.17) is 11.6 Å². The molecule has 1 aromatic heterocycles. The molecule has 0 bridgehead atoms. The molecular weight excluding hydrogens is 394 g/mol. The number of allylic oxidation sites excluding steroid dienone is 1. The molecule has 0 saturated carbocycles. The van der Waals surface area contributed by atoms with Crippen molar-refractivity contribution in [2.24, 2.45) is 5.92 Å². The predicted molar refractivity (Wildman–Crippen MR) is 113 cm³/mol. The van der Waals surface area contributed by atoms with Crippen LogP contribution in [-0.4, -0.2) is 31.5 Å². The Hall–Kier alpha value is -2.30. The Kier molecular flexibility index (Phi) is 7.28. The van der Waals surface area contributed by atoms with Crippen molar-refractivity contribution in [3.63, 3.8) is 0 Å². The smallest absolute Gasteiger partial charge is 0.234 e. The van der Waals surface area contributed by atoms with E-state index in [2.05, 4.69) is 28.2 Å². The average Bonchev–Trinajstić information content (AvgIpc) is 3.04. The number of benzene rings is 1. The fourth-order valence-corrected chi connectivity index (χ4v) is 3.34. The van der Waals surface area contributed by atoms with Crippen molar-refractivity contribution < 1.29 is 4.79 Å². The predicted octanol–water partition coefficient (Wildman–Crippen LogP) is 4.32. The van der Waals surface area contributed by atoms with Crippen molar-refractivity contribution in [2.45, 2.75) is 50.2 Å². The highest BCUT2D eigenvalue weighted by atomic mass is 35.5. The van der Waals surface area contributed by atoms with Crippen molar-refractivity contribution in [3.05, 3.63) is 41.9 Å². The molecule has 6 nitrogen and oxygen atoms in total. The second-order valence-corrected chi connectivity index (χ2v) is 8.67. The minimum absolute atomic E-state index is 0.0143. The van der Waals surface area contributed by atoms with Gasteiger partial charge in [-0.2, -0.15) is 5.26 Å². The largest absolute Gasteiger partial charge is 0.337 e. The van der Waals surface area contributed by atoms with E-state index in [-0.39, 0.29) is 11.8 Å². The molecule has 2 rings (SSSR count). The van der Waals surface area contributed by atoms with Gasteiger partial charge in [-0.25, -0.2) is 0 Å². The standard InChI is InChI=1S/C20H24ClN5OS/c1-6-11-26-17(15-7-9-16(21)10-8-15)24-25-19(26)28-14(4)18(27)23-20(5,12-22)13(2)3/h6-10,13-14H,1,11H2,2-5H3,(H,23,27)/t14-,20+/m1/s1. The van der Waals surface area contributed by atoms with Crippen LogP contribution < -0.4 is 5.32 Å². The Bertz CT molecular complexity index is 887. The Morgan fingerprint density at radius 3 is 2.57 bits per heavy atom. The first-order valence-electron chi connectivity index (χ1n) is 8.91. The number of halogens is 1. The third kappa shape index (κ3) is 4.94. The molecule has 28 heavy (non-hydrogen) atoms. The van der Waals surface area contributed by atoms with E-state index < -0.39 is 10.8 Å². The van der Waals surface area contributed by atoms with Gasteiger partial charge in [0.25, 0.3) is 0 Å². The topological polar surface area (TPSA) is 83.6 Å². The Labute approximate surface area is 175 Å². The normalized spacial score (nSPS) is 14.2. The minimum atomic E-state index is -0.921. The first kappa shape index (κ1) is 22.0. The Morgan fingerprint density at radius 1 is 1.39 bits per heavy atom. The summed E-state index contributed by atoms with van der Waals surface area (Å²) in [5.74, 6) is 0.444. The van der Waals surface area contributed by atoms with Crippen LogP contribution in [0, 0.1) is 17.2 Å². The molecule has 0 aliphatic carbocycles. The lowest BCUT2D eigenvalue weighted by molar-refractivity contribution is -0.121. The van der Waals surface area contributed by atoms with Gasteiger partial charge >= 0.3 is 0 Å². The van der Waals surface area contributed by atoms with Crippen molar-refractivity contribution in [1.82, 2.24) is 20.1 Å². The van der Waals surface area contributed by atoms with E-state index in [1.807, 2.05) is 30.5 Å². The van der Waals surface area contributed by atoms with E-state index in [9.17, 15) is 10.1 Å². The molecule has 0 saturated heterocycles. The highest BCUT2D eigenvalue weighted by Crippen LogP contribution is 2.28. The van der Waals surface area contributed by atoms with E-state index in [1.165, 1.54) is 11.8 Å². The van der Waals surface area contributed by atoms with Crippen molar-refractivity contribution in [2.75, 3.05) is 0 Å². The van der Waals surface area contributed by atoms with Crippen LogP contribution in [0.3, 0.4) is 0 Å². The number of thioether (sulfide) groups is 1. The van der Waals surface area contributed by atoms with E-state index in [0.717, 1.165) is 5.56 Å². The maximum absolute atomic E-state index is 12.6. The van der Waals surface area contributed by atoms with Crippen LogP contribution in [0.25, 0.3) is 11.4 Å². The van der Waals surface area contributed by atoms with Crippen LogP contribution >= 0.6 is 23.4 Å². The summed E-state index contributed by atoms with van der Waals surface area (Å²) in [6.07, 6.45) is 1.75. The molecule has 0 aliphatic heterocycles. The highest BCUT2D eigenvalue weighted by Gasteiger charge is 2.32. The van der Waals surface area contributed by atoms with E-state index >= 15 is 0 Å². The zero-order chi connectivity index (χ0) is 20.9. The van der Waals surface area contributed by atoms with Crippen molar-refractivity contribution in [3.8, 4) is 17.5 Å². The van der Waals surface area contributed by atoms with Gasteiger partial charge in [-0.15, -0.1) is 16.8 Å². The summed E-state index contributed by atoms with van der Waals surface area (Å²) < 4.78 is 1.90. The Balaban J connectivity index is 2.23. The molecule has 0 aliphatic rings. The second kappa shape index (κ2) is 9.26. The lowest BCUT2D eigenvalue weighted by Crippen LogP contribution is -2.51. The molecule has 1 heterocycles. The monoisotopic (exact) mass is 417 g/mol. The highest BCUT2D eigenvalue weighted by molar-refractivity contribution is 8.00. The maximum Gasteiger partial charge on any atom is 0.234 e. The summed E-state index contributed by atoms with van der Waals surface area (Å²) in [4.78, 5) is 12.6. The van der Waals surface area contributed by atoms with Gasteiger partial charge in [0.15, 0.2) is 11.0 Å². The van der Waals surface area contributed by atoms with E-state index in [0.29, 0.717) is 22.5 Å². The first-order valence-corrected chi connectivity index (χ1v) is 10.2. The maximum atomic E-state index is 12.6. The molecule has 0 unspecified atom stereocenters. The van der Waals surface area contributed by atoms with Crippen molar-refractivity contribution in [1.29, 1.82) is 5.26 Å². The molecule has 1 N–H and O–H groups in total. The number of carbonyl (C=O) groups excluding carboxylic acids is 1. The number of aromatic nitrogens is 3. The first-order chi connectivity index (χ1) is 13.2. The van der Waals surface area contributed by atoms with Gasteiger partial charge in [0, 0.05) is 17.1 Å². The number of amides is 1. The lowest BCUT2D eigenvalue weighted by atomic mass is 9.90. The number of nitrogens with zero attached hydrogens (tertiary/aromatic N) is 4. The van der Waals surface area contributed by atoms with Crippen LogP contribution in [0.15, 0.2) is 42.1 Å². The summed E-state index contributed by atoms with van der Waals surface area (Å²) in [5.41, 5.74) is -0.0469. The van der Waals surface area contributed by atoms with Gasteiger partial charge in [-0.3, -0.25) is 9.36 Å². The van der Waals surface area contributed by atoms with Crippen LogP contribution in [-0.2, 0) is 11.3 Å². The van der Waals surface area contributed by atoms with Gasteiger partial charge < -0.3 is 5.32 Å². The zero-order valence-corrected chi connectivity index (χ0v) is 18.0. The van der Waals surface area contributed by atoms with Gasteiger partial charge in [0.2, 0.25) is 5.91 Å². The molecule has 2 aromatic rings. The summed E-state index contributed by atoms with van der Waals surface area (Å²) in [5, 5.41) is 21.6. The molecular formula is C20H24ClN5OS. The quantitative estimate of drug-likeness (QED) is 0.510. The number of nitriles is 1. The molecule has 0 spiro atoms. The van der Waals surface area contributed by atoms with Crippen LogP contribution in [0.1, 0.15) is 27.7 Å². The molecule has 0 radical (unpaired) electrons. The van der Waals surface area contributed by atoms with Crippen LogP contribution in [0.2, 0.25) is 5.02 Å². The summed E-state index contributed by atoms with van der Waals surface area (Å²) in [6.45, 7) is 11.6. The zero-order valence-electron chi connectivity index (χ0n) is 16.4. The fraction of sp³-hybridized carbons (Fsp3) is 0.400.